The molecule has 7 heteroatoms. The van der Waals surface area contributed by atoms with Crippen molar-refractivity contribution in [3.05, 3.63) is 47.5 Å². The molecule has 2 aromatic rings. The number of nitrogens with zero attached hydrogens (tertiary/aromatic N) is 1. The molecular formula is C14H12N2O5. The van der Waals surface area contributed by atoms with E-state index in [1.165, 1.54) is 36.4 Å². The van der Waals surface area contributed by atoms with Gasteiger partial charge in [-0.3, -0.25) is 4.79 Å². The van der Waals surface area contributed by atoms with Crippen molar-refractivity contribution in [2.45, 2.75) is 0 Å². The average Bonchev–Trinajstić information content (AvgIpc) is 2.46. The highest BCUT2D eigenvalue weighted by atomic mass is 16.3. The Hall–Kier alpha value is -3.22. The first-order valence-electron chi connectivity index (χ1n) is 5.86. The van der Waals surface area contributed by atoms with Gasteiger partial charge in [0.05, 0.1) is 11.8 Å². The zero-order valence-electron chi connectivity index (χ0n) is 10.7. The Morgan fingerprint density at radius 1 is 0.952 bits per heavy atom. The van der Waals surface area contributed by atoms with E-state index in [9.17, 15) is 25.2 Å². The Kier molecular flexibility index (Phi) is 3.94. The van der Waals surface area contributed by atoms with Crippen LogP contribution in [0.15, 0.2) is 41.5 Å². The SMILES string of the molecule is O=C(N/N=C/c1cccc(O)c1O)c1cccc(O)c1O. The molecule has 0 bridgehead atoms. The molecule has 5 N–H and O–H groups in total. The van der Waals surface area contributed by atoms with Gasteiger partial charge < -0.3 is 20.4 Å². The molecule has 0 atom stereocenters. The fraction of sp³-hybridized carbons (Fsp3) is 0. The summed E-state index contributed by atoms with van der Waals surface area (Å²) in [6, 6.07) is 8.23. The van der Waals surface area contributed by atoms with Crippen molar-refractivity contribution in [1.29, 1.82) is 0 Å². The molecule has 0 unspecified atom stereocenters. The van der Waals surface area contributed by atoms with Crippen LogP contribution in [0.1, 0.15) is 15.9 Å². The van der Waals surface area contributed by atoms with Crippen LogP contribution >= 0.6 is 0 Å². The summed E-state index contributed by atoms with van der Waals surface area (Å²) in [4.78, 5) is 11.8. The molecule has 21 heavy (non-hydrogen) atoms. The second-order valence-corrected chi connectivity index (χ2v) is 4.09. The van der Waals surface area contributed by atoms with Gasteiger partial charge in [0.15, 0.2) is 23.0 Å². The molecule has 0 aliphatic carbocycles. The minimum absolute atomic E-state index is 0.146. The van der Waals surface area contributed by atoms with Crippen LogP contribution in [0, 0.1) is 0 Å². The highest BCUT2D eigenvalue weighted by Crippen LogP contribution is 2.28. The predicted octanol–water partition coefficient (Wildman–Crippen LogP) is 1.27. The van der Waals surface area contributed by atoms with Gasteiger partial charge in [0, 0.05) is 5.56 Å². The molecule has 0 heterocycles. The minimum Gasteiger partial charge on any atom is -0.504 e. The number of nitrogens with one attached hydrogen (secondary N) is 1. The first-order chi connectivity index (χ1) is 10.0. The van der Waals surface area contributed by atoms with Gasteiger partial charge in [-0.1, -0.05) is 12.1 Å². The number of carbonyl (C=O) groups is 1. The number of aromatic hydroxyl groups is 4. The van der Waals surface area contributed by atoms with Crippen LogP contribution in [0.25, 0.3) is 0 Å². The van der Waals surface area contributed by atoms with E-state index in [0.29, 0.717) is 0 Å². The Morgan fingerprint density at radius 3 is 2.29 bits per heavy atom. The quantitative estimate of drug-likeness (QED) is 0.331. The van der Waals surface area contributed by atoms with Crippen LogP contribution in [-0.2, 0) is 0 Å². The summed E-state index contributed by atoms with van der Waals surface area (Å²) in [6.45, 7) is 0. The lowest BCUT2D eigenvalue weighted by Crippen LogP contribution is -2.17. The van der Waals surface area contributed by atoms with Gasteiger partial charge in [-0.2, -0.15) is 5.10 Å². The van der Waals surface area contributed by atoms with E-state index in [0.717, 1.165) is 6.21 Å². The van der Waals surface area contributed by atoms with Crippen molar-refractivity contribution in [1.82, 2.24) is 5.43 Å². The van der Waals surface area contributed by atoms with E-state index in [-0.39, 0.29) is 22.6 Å². The number of rotatable bonds is 3. The van der Waals surface area contributed by atoms with Gasteiger partial charge in [0.2, 0.25) is 0 Å². The Balaban J connectivity index is 2.12. The van der Waals surface area contributed by atoms with Crippen molar-refractivity contribution in [2.75, 3.05) is 0 Å². The maximum absolute atomic E-state index is 11.8. The van der Waals surface area contributed by atoms with Gasteiger partial charge in [0.25, 0.3) is 5.91 Å². The summed E-state index contributed by atoms with van der Waals surface area (Å²) in [5.41, 5.74) is 2.19. The zero-order valence-corrected chi connectivity index (χ0v) is 10.7. The third kappa shape index (κ3) is 3.03. The average molecular weight is 288 g/mol. The minimum atomic E-state index is -0.737. The van der Waals surface area contributed by atoms with E-state index in [1.54, 1.807) is 0 Å². The molecule has 2 rings (SSSR count). The van der Waals surface area contributed by atoms with Gasteiger partial charge in [-0.05, 0) is 24.3 Å². The smallest absolute Gasteiger partial charge is 0.275 e. The van der Waals surface area contributed by atoms with Crippen molar-refractivity contribution >= 4 is 12.1 Å². The maximum atomic E-state index is 11.8. The van der Waals surface area contributed by atoms with Crippen LogP contribution in [-0.4, -0.2) is 32.5 Å². The van der Waals surface area contributed by atoms with E-state index in [1.807, 2.05) is 0 Å². The third-order valence-corrected chi connectivity index (χ3v) is 2.68. The molecule has 2 aromatic carbocycles. The molecule has 0 aromatic heterocycles. The summed E-state index contributed by atoms with van der Waals surface area (Å²) < 4.78 is 0. The molecule has 0 saturated heterocycles. The van der Waals surface area contributed by atoms with Gasteiger partial charge in [-0.25, -0.2) is 5.43 Å². The topological polar surface area (TPSA) is 122 Å². The Morgan fingerprint density at radius 2 is 1.57 bits per heavy atom. The highest BCUT2D eigenvalue weighted by molar-refractivity contribution is 5.98. The van der Waals surface area contributed by atoms with Crippen LogP contribution in [0.3, 0.4) is 0 Å². The molecule has 0 radical (unpaired) electrons. The van der Waals surface area contributed by atoms with Crippen LogP contribution in [0.5, 0.6) is 23.0 Å². The predicted molar refractivity (Wildman–Crippen MR) is 74.6 cm³/mol. The van der Waals surface area contributed by atoms with Crippen molar-refractivity contribution in [3.8, 4) is 23.0 Å². The number of carbonyl (C=O) groups excluding carboxylic acids is 1. The maximum Gasteiger partial charge on any atom is 0.275 e. The Labute approximate surface area is 119 Å². The lowest BCUT2D eigenvalue weighted by atomic mass is 10.2. The lowest BCUT2D eigenvalue weighted by Gasteiger charge is -2.04. The standard InChI is InChI=1S/C14H12N2O5/c17-10-5-1-3-8(12(10)19)7-15-16-14(21)9-4-2-6-11(18)13(9)20/h1-7,17-20H,(H,16,21)/b15-7+. The normalized spacial score (nSPS) is 10.7. The monoisotopic (exact) mass is 288 g/mol. The van der Waals surface area contributed by atoms with Gasteiger partial charge >= 0.3 is 0 Å². The molecular weight excluding hydrogens is 276 g/mol. The lowest BCUT2D eigenvalue weighted by molar-refractivity contribution is 0.0951. The largest absolute Gasteiger partial charge is 0.504 e. The fourth-order valence-electron chi connectivity index (χ4n) is 1.59. The second kappa shape index (κ2) is 5.83. The van der Waals surface area contributed by atoms with E-state index in [2.05, 4.69) is 10.5 Å². The highest BCUT2D eigenvalue weighted by Gasteiger charge is 2.13. The molecule has 108 valence electrons. The molecule has 0 aliphatic rings. The number of hydrogen-bond donors (Lipinski definition) is 5. The van der Waals surface area contributed by atoms with Crippen molar-refractivity contribution in [2.24, 2.45) is 5.10 Å². The van der Waals surface area contributed by atoms with E-state index < -0.39 is 17.4 Å². The second-order valence-electron chi connectivity index (χ2n) is 4.09. The summed E-state index contributed by atoms with van der Waals surface area (Å²) in [5.74, 6) is -2.38. The van der Waals surface area contributed by atoms with Crippen LogP contribution in [0.4, 0.5) is 0 Å². The molecule has 1 amide bonds. The number of amides is 1. The van der Waals surface area contributed by atoms with E-state index in [4.69, 9.17) is 0 Å². The van der Waals surface area contributed by atoms with Crippen LogP contribution in [0.2, 0.25) is 0 Å². The molecule has 0 spiro atoms. The summed E-state index contributed by atoms with van der Waals surface area (Å²) in [7, 11) is 0. The molecule has 0 saturated carbocycles. The van der Waals surface area contributed by atoms with Crippen LogP contribution < -0.4 is 5.43 Å². The van der Waals surface area contributed by atoms with Crippen molar-refractivity contribution in [3.63, 3.8) is 0 Å². The number of hydrazone groups is 1. The molecule has 0 aliphatic heterocycles. The van der Waals surface area contributed by atoms with Gasteiger partial charge in [0.1, 0.15) is 0 Å². The zero-order chi connectivity index (χ0) is 15.4. The summed E-state index contributed by atoms with van der Waals surface area (Å²) >= 11 is 0. The van der Waals surface area contributed by atoms with E-state index >= 15 is 0 Å². The van der Waals surface area contributed by atoms with Gasteiger partial charge in [-0.15, -0.1) is 0 Å². The number of para-hydroxylation sites is 2. The molecule has 0 fully saturated rings. The fourth-order valence-corrected chi connectivity index (χ4v) is 1.59. The summed E-state index contributed by atoms with van der Waals surface area (Å²) in [6.07, 6.45) is 1.13. The summed E-state index contributed by atoms with van der Waals surface area (Å²) in [5, 5.41) is 41.2. The molecule has 7 nitrogen and oxygen atoms in total. The number of phenols is 4. The first kappa shape index (κ1) is 14.2. The number of phenolic OH excluding ortho intramolecular Hbond substituents is 4. The third-order valence-electron chi connectivity index (χ3n) is 2.68. The number of benzene rings is 2. The first-order valence-corrected chi connectivity index (χ1v) is 5.86. The Bertz CT molecular complexity index is 713. The number of hydrogen-bond acceptors (Lipinski definition) is 6. The van der Waals surface area contributed by atoms with Crippen molar-refractivity contribution < 1.29 is 25.2 Å².